The van der Waals surface area contributed by atoms with E-state index in [1.807, 2.05) is 36.7 Å². The van der Waals surface area contributed by atoms with Crippen molar-refractivity contribution in [2.75, 3.05) is 6.54 Å². The number of aryl methyl sites for hydroxylation is 2. The van der Waals surface area contributed by atoms with Gasteiger partial charge in [-0.3, -0.25) is 4.90 Å². The Morgan fingerprint density at radius 3 is 2.80 bits per heavy atom. The van der Waals surface area contributed by atoms with E-state index in [2.05, 4.69) is 32.0 Å². The summed E-state index contributed by atoms with van der Waals surface area (Å²) in [5.74, 6) is 2.02. The van der Waals surface area contributed by atoms with Crippen LogP contribution in [0.4, 0.5) is 0 Å². The van der Waals surface area contributed by atoms with E-state index in [4.69, 9.17) is 4.52 Å². The van der Waals surface area contributed by atoms with Crippen molar-refractivity contribution in [2.45, 2.75) is 46.2 Å². The second kappa shape index (κ2) is 6.40. The van der Waals surface area contributed by atoms with E-state index in [0.717, 1.165) is 29.3 Å². The zero-order chi connectivity index (χ0) is 17.4. The quantitative estimate of drug-likeness (QED) is 0.728. The van der Waals surface area contributed by atoms with Crippen molar-refractivity contribution in [2.24, 2.45) is 0 Å². The Kier molecular flexibility index (Phi) is 4.09. The summed E-state index contributed by atoms with van der Waals surface area (Å²) in [7, 11) is 0. The van der Waals surface area contributed by atoms with Crippen molar-refractivity contribution in [3.63, 3.8) is 0 Å². The number of hydrogen-bond donors (Lipinski definition) is 0. The normalized spacial score (nSPS) is 18.1. The minimum atomic E-state index is 0.578. The first-order valence-electron chi connectivity index (χ1n) is 8.67. The molecule has 1 atom stereocenters. The van der Waals surface area contributed by atoms with Crippen LogP contribution in [0.5, 0.6) is 0 Å². The largest absolute Gasteiger partial charge is 0.338 e. The molecule has 1 fully saturated rings. The molecule has 3 aromatic rings. The van der Waals surface area contributed by atoms with Crippen LogP contribution < -0.4 is 0 Å². The molecule has 0 aromatic carbocycles. The van der Waals surface area contributed by atoms with Gasteiger partial charge >= 0.3 is 0 Å². The Bertz CT molecular complexity index is 866. The fourth-order valence-electron chi connectivity index (χ4n) is 3.34. The number of nitrogens with zero attached hydrogens (tertiary/aromatic N) is 6. The van der Waals surface area contributed by atoms with Gasteiger partial charge in [0.2, 0.25) is 11.7 Å². The van der Waals surface area contributed by atoms with E-state index in [1.54, 1.807) is 6.20 Å². The molecule has 0 aliphatic carbocycles. The van der Waals surface area contributed by atoms with Gasteiger partial charge in [0.15, 0.2) is 5.82 Å². The molecule has 0 amide bonds. The van der Waals surface area contributed by atoms with Crippen molar-refractivity contribution >= 4 is 0 Å². The average Bonchev–Trinajstić information content (AvgIpc) is 3.30. The molecule has 1 aliphatic rings. The summed E-state index contributed by atoms with van der Waals surface area (Å²) in [5.41, 5.74) is 2.87. The van der Waals surface area contributed by atoms with Crippen LogP contribution in [0.25, 0.3) is 17.2 Å². The van der Waals surface area contributed by atoms with Gasteiger partial charge in [0.1, 0.15) is 0 Å². The average molecular weight is 338 g/mol. The molecule has 25 heavy (non-hydrogen) atoms. The van der Waals surface area contributed by atoms with E-state index < -0.39 is 0 Å². The number of likely N-dealkylation sites (tertiary alicyclic amines) is 1. The zero-order valence-electron chi connectivity index (χ0n) is 14.8. The summed E-state index contributed by atoms with van der Waals surface area (Å²) in [6.45, 7) is 8.04. The van der Waals surface area contributed by atoms with Crippen LogP contribution in [0.3, 0.4) is 0 Å². The molecule has 0 saturated carbocycles. The van der Waals surface area contributed by atoms with Crippen molar-refractivity contribution in [1.29, 1.82) is 0 Å². The summed E-state index contributed by atoms with van der Waals surface area (Å²) in [5, 5.41) is 8.55. The van der Waals surface area contributed by atoms with Gasteiger partial charge in [-0.05, 0) is 58.4 Å². The zero-order valence-corrected chi connectivity index (χ0v) is 14.8. The summed E-state index contributed by atoms with van der Waals surface area (Å²) < 4.78 is 7.25. The van der Waals surface area contributed by atoms with E-state index >= 15 is 0 Å². The lowest BCUT2D eigenvalue weighted by molar-refractivity contribution is 0.221. The highest BCUT2D eigenvalue weighted by atomic mass is 16.5. The monoisotopic (exact) mass is 338 g/mol. The molecule has 0 unspecified atom stereocenters. The third-order valence-corrected chi connectivity index (χ3v) is 4.73. The SMILES string of the molecule is Cc1cc(C)n(-c2ccc(-c3noc(CN4CCC[C@@H]4C)n3)cn2)n1. The highest BCUT2D eigenvalue weighted by Gasteiger charge is 2.22. The Morgan fingerprint density at radius 1 is 1.28 bits per heavy atom. The van der Waals surface area contributed by atoms with Gasteiger partial charge in [0.05, 0.1) is 12.2 Å². The summed E-state index contributed by atoms with van der Waals surface area (Å²) >= 11 is 0. The van der Waals surface area contributed by atoms with Crippen LogP contribution in [0.15, 0.2) is 28.9 Å². The molecule has 0 radical (unpaired) electrons. The second-order valence-electron chi connectivity index (χ2n) is 6.72. The molecule has 4 heterocycles. The van der Waals surface area contributed by atoms with Gasteiger partial charge < -0.3 is 4.52 Å². The van der Waals surface area contributed by atoms with E-state index in [9.17, 15) is 0 Å². The highest BCUT2D eigenvalue weighted by Crippen LogP contribution is 2.21. The van der Waals surface area contributed by atoms with E-state index in [1.165, 1.54) is 12.8 Å². The van der Waals surface area contributed by atoms with Gasteiger partial charge in [-0.2, -0.15) is 10.1 Å². The van der Waals surface area contributed by atoms with Crippen LogP contribution >= 0.6 is 0 Å². The molecule has 4 rings (SSSR count). The second-order valence-corrected chi connectivity index (χ2v) is 6.72. The molecule has 3 aromatic heterocycles. The first-order valence-corrected chi connectivity index (χ1v) is 8.67. The van der Waals surface area contributed by atoms with Crippen LogP contribution in [0.2, 0.25) is 0 Å². The molecule has 1 aliphatic heterocycles. The summed E-state index contributed by atoms with van der Waals surface area (Å²) in [6, 6.07) is 6.48. The minimum Gasteiger partial charge on any atom is -0.338 e. The van der Waals surface area contributed by atoms with Gasteiger partial charge in [0, 0.05) is 23.5 Å². The van der Waals surface area contributed by atoms with Crippen LogP contribution in [0, 0.1) is 13.8 Å². The number of pyridine rings is 1. The molecular formula is C18H22N6O. The lowest BCUT2D eigenvalue weighted by Crippen LogP contribution is -2.26. The van der Waals surface area contributed by atoms with E-state index in [-0.39, 0.29) is 0 Å². The van der Waals surface area contributed by atoms with Crippen molar-refractivity contribution in [3.8, 4) is 17.2 Å². The van der Waals surface area contributed by atoms with Crippen molar-refractivity contribution in [3.05, 3.63) is 41.7 Å². The van der Waals surface area contributed by atoms with Crippen LogP contribution in [-0.4, -0.2) is 42.4 Å². The molecule has 7 nitrogen and oxygen atoms in total. The van der Waals surface area contributed by atoms with E-state index in [0.29, 0.717) is 24.3 Å². The fraction of sp³-hybridized carbons (Fsp3) is 0.444. The predicted octanol–water partition coefficient (Wildman–Crippen LogP) is 2.92. The first kappa shape index (κ1) is 16.0. The van der Waals surface area contributed by atoms with Crippen molar-refractivity contribution in [1.82, 2.24) is 29.8 Å². The fourth-order valence-corrected chi connectivity index (χ4v) is 3.34. The maximum atomic E-state index is 5.42. The van der Waals surface area contributed by atoms with Gasteiger partial charge in [0.25, 0.3) is 0 Å². The first-order chi connectivity index (χ1) is 12.1. The summed E-state index contributed by atoms with van der Waals surface area (Å²) in [4.78, 5) is 11.4. The molecule has 0 bridgehead atoms. The third-order valence-electron chi connectivity index (χ3n) is 4.73. The molecular weight excluding hydrogens is 316 g/mol. The minimum absolute atomic E-state index is 0.578. The molecule has 130 valence electrons. The smallest absolute Gasteiger partial charge is 0.241 e. The maximum absolute atomic E-state index is 5.42. The van der Waals surface area contributed by atoms with Gasteiger partial charge in [-0.1, -0.05) is 5.16 Å². The van der Waals surface area contributed by atoms with Crippen LogP contribution in [-0.2, 0) is 6.54 Å². The topological polar surface area (TPSA) is 72.9 Å². The van der Waals surface area contributed by atoms with Crippen molar-refractivity contribution < 1.29 is 4.52 Å². The molecule has 0 N–H and O–H groups in total. The number of aromatic nitrogens is 5. The van der Waals surface area contributed by atoms with Crippen LogP contribution in [0.1, 0.15) is 37.0 Å². The predicted molar refractivity (Wildman–Crippen MR) is 93.2 cm³/mol. The molecule has 1 saturated heterocycles. The Balaban J connectivity index is 1.51. The third kappa shape index (κ3) is 3.19. The Hall–Kier alpha value is -2.54. The number of hydrogen-bond acceptors (Lipinski definition) is 6. The maximum Gasteiger partial charge on any atom is 0.241 e. The van der Waals surface area contributed by atoms with Gasteiger partial charge in [-0.15, -0.1) is 0 Å². The number of rotatable bonds is 4. The van der Waals surface area contributed by atoms with Gasteiger partial charge in [-0.25, -0.2) is 9.67 Å². The standard InChI is InChI=1S/C18H22N6O/c1-12-9-14(3)24(21-12)16-7-6-15(10-19-16)18-20-17(25-22-18)11-23-8-4-5-13(23)2/h6-7,9-10,13H,4-5,8,11H2,1-3H3/t13-/m0/s1. The highest BCUT2D eigenvalue weighted by molar-refractivity contribution is 5.53. The summed E-state index contributed by atoms with van der Waals surface area (Å²) in [6.07, 6.45) is 4.23. The molecule has 7 heteroatoms. The lowest BCUT2D eigenvalue weighted by Gasteiger charge is -2.17. The molecule has 0 spiro atoms. The Morgan fingerprint density at radius 2 is 2.16 bits per heavy atom. The lowest BCUT2D eigenvalue weighted by atomic mass is 10.2. The Labute approximate surface area is 146 Å².